The summed E-state index contributed by atoms with van der Waals surface area (Å²) in [6, 6.07) is 0. The van der Waals surface area contributed by atoms with E-state index in [0.29, 0.717) is 0 Å². The van der Waals surface area contributed by atoms with Crippen molar-refractivity contribution in [3.63, 3.8) is 0 Å². The molecule has 0 amide bonds. The van der Waals surface area contributed by atoms with Gasteiger partial charge in [0.25, 0.3) is 0 Å². The molecule has 6 nitrogen and oxygen atoms in total. The fourth-order valence-corrected chi connectivity index (χ4v) is 3.12. The van der Waals surface area contributed by atoms with Crippen molar-refractivity contribution in [3.05, 3.63) is 22.7 Å². The Kier molecular flexibility index (Phi) is 4.73. The van der Waals surface area contributed by atoms with Crippen molar-refractivity contribution in [2.75, 3.05) is 18.5 Å². The van der Waals surface area contributed by atoms with Gasteiger partial charge in [0, 0.05) is 13.2 Å². The van der Waals surface area contributed by atoms with Crippen LogP contribution in [0.1, 0.15) is 39.3 Å². The first-order chi connectivity index (χ1) is 10.7. The Labute approximate surface area is 138 Å². The van der Waals surface area contributed by atoms with Gasteiger partial charge in [0.15, 0.2) is 21.7 Å². The molecule has 22 heavy (non-hydrogen) atoms. The van der Waals surface area contributed by atoms with Crippen LogP contribution >= 0.6 is 15.9 Å². The number of allylic oxidation sites excluding steroid dienone is 1. The largest absolute Gasteiger partial charge is 0.365 e. The van der Waals surface area contributed by atoms with Crippen molar-refractivity contribution < 1.29 is 4.74 Å². The number of fused-ring (bicyclic) bond motifs is 1. The number of nitrogens with zero attached hydrogens (tertiary/aromatic N) is 4. The first-order valence-corrected chi connectivity index (χ1v) is 8.33. The van der Waals surface area contributed by atoms with Crippen molar-refractivity contribution >= 4 is 32.9 Å². The highest BCUT2D eigenvalue weighted by molar-refractivity contribution is 9.10. The maximum Gasteiger partial charge on any atom is 0.181 e. The number of anilines is 1. The van der Waals surface area contributed by atoms with E-state index < -0.39 is 0 Å². The third kappa shape index (κ3) is 3.15. The molecule has 1 aliphatic heterocycles. The van der Waals surface area contributed by atoms with Gasteiger partial charge in [0.05, 0.1) is 0 Å². The molecule has 0 bridgehead atoms. The highest BCUT2D eigenvalue weighted by Gasteiger charge is 2.23. The quantitative estimate of drug-likeness (QED) is 0.661. The molecular formula is C15H20BrN5O. The lowest BCUT2D eigenvalue weighted by Crippen LogP contribution is -2.18. The number of imidazole rings is 1. The van der Waals surface area contributed by atoms with Gasteiger partial charge in [-0.25, -0.2) is 15.0 Å². The van der Waals surface area contributed by atoms with E-state index in [2.05, 4.69) is 56.1 Å². The molecule has 1 fully saturated rings. The molecule has 1 aliphatic rings. The zero-order chi connectivity index (χ0) is 15.5. The van der Waals surface area contributed by atoms with Crippen LogP contribution in [0.25, 0.3) is 11.2 Å². The molecule has 1 atom stereocenters. The molecule has 0 aromatic carbocycles. The van der Waals surface area contributed by atoms with Crippen LogP contribution in [0.2, 0.25) is 0 Å². The first kappa shape index (κ1) is 15.4. The molecule has 2 aromatic rings. The van der Waals surface area contributed by atoms with Crippen molar-refractivity contribution in [2.24, 2.45) is 0 Å². The Hall–Kier alpha value is -1.47. The summed E-state index contributed by atoms with van der Waals surface area (Å²) in [4.78, 5) is 13.3. The summed E-state index contributed by atoms with van der Waals surface area (Å²) in [7, 11) is 0. The molecule has 1 saturated heterocycles. The summed E-state index contributed by atoms with van der Waals surface area (Å²) in [5, 5.41) is 3.30. The van der Waals surface area contributed by atoms with E-state index in [-0.39, 0.29) is 6.23 Å². The zero-order valence-electron chi connectivity index (χ0n) is 12.8. The zero-order valence-corrected chi connectivity index (χ0v) is 14.4. The van der Waals surface area contributed by atoms with Gasteiger partial charge in [0.2, 0.25) is 0 Å². The van der Waals surface area contributed by atoms with Crippen LogP contribution in [0.5, 0.6) is 0 Å². The van der Waals surface area contributed by atoms with Gasteiger partial charge in [-0.3, -0.25) is 4.57 Å². The minimum atomic E-state index is -0.00587. The average Bonchev–Trinajstić information content (AvgIpc) is 2.84. The minimum Gasteiger partial charge on any atom is -0.365 e. The molecule has 0 radical (unpaired) electrons. The number of aromatic nitrogens is 4. The molecular weight excluding hydrogens is 346 g/mol. The number of halogens is 1. The fourth-order valence-electron chi connectivity index (χ4n) is 2.55. The maximum atomic E-state index is 5.87. The number of hydrogen-bond acceptors (Lipinski definition) is 5. The average molecular weight is 366 g/mol. The van der Waals surface area contributed by atoms with E-state index in [1.807, 2.05) is 4.57 Å². The molecule has 3 rings (SSSR count). The van der Waals surface area contributed by atoms with Crippen LogP contribution in [0.15, 0.2) is 22.7 Å². The lowest BCUT2D eigenvalue weighted by molar-refractivity contribution is -0.0311. The monoisotopic (exact) mass is 365 g/mol. The Morgan fingerprint density at radius 2 is 2.32 bits per heavy atom. The lowest BCUT2D eigenvalue weighted by Gasteiger charge is -2.24. The summed E-state index contributed by atoms with van der Waals surface area (Å²) in [5.41, 5.74) is 2.83. The number of nitrogens with one attached hydrogen (secondary N) is 1. The molecule has 118 valence electrons. The van der Waals surface area contributed by atoms with E-state index in [1.54, 1.807) is 6.33 Å². The molecule has 0 spiro atoms. The Morgan fingerprint density at radius 1 is 1.45 bits per heavy atom. The Bertz CT molecular complexity index is 687. The topological polar surface area (TPSA) is 64.9 Å². The standard InChI is InChI=1S/C15H20BrN5O/c1-10(2)6-7-17-13-12-14(19-9-18-13)21(15(16)20-12)11-5-3-4-8-22-11/h6,9,11H,3-5,7-8H2,1-2H3,(H,17,18,19). The van der Waals surface area contributed by atoms with Crippen LogP contribution in [-0.4, -0.2) is 32.7 Å². The van der Waals surface area contributed by atoms with Gasteiger partial charge in [0.1, 0.15) is 12.6 Å². The smallest absolute Gasteiger partial charge is 0.181 e. The molecule has 1 unspecified atom stereocenters. The van der Waals surface area contributed by atoms with E-state index in [9.17, 15) is 0 Å². The van der Waals surface area contributed by atoms with Gasteiger partial charge < -0.3 is 10.1 Å². The number of ether oxygens (including phenoxy) is 1. The van der Waals surface area contributed by atoms with Crippen LogP contribution < -0.4 is 5.32 Å². The second-order valence-electron chi connectivity index (χ2n) is 5.63. The summed E-state index contributed by atoms with van der Waals surface area (Å²) in [5.74, 6) is 0.748. The first-order valence-electron chi connectivity index (χ1n) is 7.54. The second kappa shape index (κ2) is 6.75. The lowest BCUT2D eigenvalue weighted by atomic mass is 10.2. The predicted molar refractivity (Wildman–Crippen MR) is 89.8 cm³/mol. The van der Waals surface area contributed by atoms with Gasteiger partial charge in [-0.1, -0.05) is 11.6 Å². The summed E-state index contributed by atoms with van der Waals surface area (Å²) >= 11 is 3.54. The summed E-state index contributed by atoms with van der Waals surface area (Å²) < 4.78 is 8.62. The normalized spacial score (nSPS) is 18.4. The van der Waals surface area contributed by atoms with Crippen LogP contribution in [0.4, 0.5) is 5.82 Å². The molecule has 7 heteroatoms. The van der Waals surface area contributed by atoms with Gasteiger partial charge in [-0.2, -0.15) is 0 Å². The number of rotatable bonds is 4. The minimum absolute atomic E-state index is 0.00587. The van der Waals surface area contributed by atoms with Crippen molar-refractivity contribution in [2.45, 2.75) is 39.3 Å². The van der Waals surface area contributed by atoms with E-state index in [4.69, 9.17) is 4.74 Å². The third-order valence-corrected chi connectivity index (χ3v) is 4.22. The van der Waals surface area contributed by atoms with Gasteiger partial charge >= 0.3 is 0 Å². The molecule has 3 heterocycles. The highest BCUT2D eigenvalue weighted by Crippen LogP contribution is 2.31. The highest BCUT2D eigenvalue weighted by atomic mass is 79.9. The van der Waals surface area contributed by atoms with Gasteiger partial charge in [-0.05, 0) is 49.0 Å². The van der Waals surface area contributed by atoms with E-state index >= 15 is 0 Å². The fraction of sp³-hybridized carbons (Fsp3) is 0.533. The van der Waals surface area contributed by atoms with E-state index in [1.165, 1.54) is 5.57 Å². The van der Waals surface area contributed by atoms with Crippen LogP contribution in [0, 0.1) is 0 Å². The summed E-state index contributed by atoms with van der Waals surface area (Å²) in [6.45, 7) is 5.65. The predicted octanol–water partition coefficient (Wildman–Crippen LogP) is 3.67. The number of hydrogen-bond donors (Lipinski definition) is 1. The van der Waals surface area contributed by atoms with E-state index in [0.717, 1.165) is 54.1 Å². The van der Waals surface area contributed by atoms with Crippen LogP contribution in [0.3, 0.4) is 0 Å². The molecule has 2 aromatic heterocycles. The van der Waals surface area contributed by atoms with Gasteiger partial charge in [-0.15, -0.1) is 0 Å². The Morgan fingerprint density at radius 3 is 3.05 bits per heavy atom. The van der Waals surface area contributed by atoms with Crippen molar-refractivity contribution in [1.82, 2.24) is 19.5 Å². The molecule has 0 aliphatic carbocycles. The SMILES string of the molecule is CC(C)=CCNc1ncnc2c1nc(Br)n2C1CCCCO1. The van der Waals surface area contributed by atoms with Crippen LogP contribution in [-0.2, 0) is 4.74 Å². The van der Waals surface area contributed by atoms with Crippen molar-refractivity contribution in [1.29, 1.82) is 0 Å². The molecule has 0 saturated carbocycles. The van der Waals surface area contributed by atoms with Crippen molar-refractivity contribution in [3.8, 4) is 0 Å². The third-order valence-electron chi connectivity index (χ3n) is 3.66. The Balaban J connectivity index is 1.94. The second-order valence-corrected chi connectivity index (χ2v) is 6.34. The summed E-state index contributed by atoms with van der Waals surface area (Å²) in [6.07, 6.45) is 6.94. The maximum absolute atomic E-state index is 5.87. The molecule has 1 N–H and O–H groups in total.